The summed E-state index contributed by atoms with van der Waals surface area (Å²) in [5.74, 6) is -0.755. The first-order chi connectivity index (χ1) is 9.22. The zero-order chi connectivity index (χ0) is 14.3. The van der Waals surface area contributed by atoms with Crippen LogP contribution in [0.25, 0.3) is 0 Å². The molecule has 0 radical (unpaired) electrons. The third-order valence-electron chi connectivity index (χ3n) is 3.60. The Hall–Kier alpha value is -0.790. The lowest BCUT2D eigenvalue weighted by atomic mass is 10.0. The van der Waals surface area contributed by atoms with Gasteiger partial charge in [0, 0.05) is 5.57 Å². The van der Waals surface area contributed by atoms with E-state index in [1.165, 1.54) is 57.8 Å². The van der Waals surface area contributed by atoms with E-state index in [0.717, 1.165) is 12.8 Å². The number of hydrogen-bond acceptors (Lipinski definition) is 1. The second kappa shape index (κ2) is 13.6. The van der Waals surface area contributed by atoms with Crippen LogP contribution in [-0.2, 0) is 4.79 Å². The summed E-state index contributed by atoms with van der Waals surface area (Å²) in [6.45, 7) is 4.15. The molecule has 19 heavy (non-hydrogen) atoms. The number of hydrogen-bond donors (Lipinski definition) is 1. The summed E-state index contributed by atoms with van der Waals surface area (Å²) >= 11 is 0. The number of carboxylic acid groups (broad SMARTS) is 1. The van der Waals surface area contributed by atoms with Gasteiger partial charge >= 0.3 is 5.97 Å². The Morgan fingerprint density at radius 1 is 0.842 bits per heavy atom. The number of aliphatic carboxylic acids is 1. The van der Waals surface area contributed by atoms with E-state index < -0.39 is 5.97 Å². The zero-order valence-corrected chi connectivity index (χ0v) is 12.9. The predicted molar refractivity (Wildman–Crippen MR) is 82.5 cm³/mol. The molecule has 0 fully saturated rings. The fourth-order valence-electron chi connectivity index (χ4n) is 2.29. The Kier molecular flexibility index (Phi) is 13.1. The largest absolute Gasteiger partial charge is 0.478 e. The minimum Gasteiger partial charge on any atom is -0.478 e. The van der Waals surface area contributed by atoms with Crippen molar-refractivity contribution in [2.24, 2.45) is 0 Å². The van der Waals surface area contributed by atoms with E-state index in [9.17, 15) is 4.79 Å². The molecule has 0 aromatic rings. The third-order valence-corrected chi connectivity index (χ3v) is 3.60. The van der Waals surface area contributed by atoms with Crippen LogP contribution in [0.3, 0.4) is 0 Å². The highest BCUT2D eigenvalue weighted by molar-refractivity contribution is 5.86. The van der Waals surface area contributed by atoms with Crippen molar-refractivity contribution >= 4 is 5.97 Å². The highest BCUT2D eigenvalue weighted by Crippen LogP contribution is 2.12. The van der Waals surface area contributed by atoms with Gasteiger partial charge in [-0.15, -0.1) is 0 Å². The number of carbonyl (C=O) groups is 1. The first-order valence-corrected chi connectivity index (χ1v) is 8.14. The Morgan fingerprint density at radius 2 is 1.32 bits per heavy atom. The average Bonchev–Trinajstić information content (AvgIpc) is 2.40. The number of rotatable bonds is 13. The van der Waals surface area contributed by atoms with E-state index >= 15 is 0 Å². The van der Waals surface area contributed by atoms with Crippen molar-refractivity contribution in [2.45, 2.75) is 90.9 Å². The molecule has 0 rings (SSSR count). The lowest BCUT2D eigenvalue weighted by molar-refractivity contribution is -0.132. The third kappa shape index (κ3) is 12.0. The molecule has 0 unspecified atom stereocenters. The molecular weight excluding hydrogens is 236 g/mol. The summed E-state index contributed by atoms with van der Waals surface area (Å²) in [5, 5.41) is 8.87. The Labute approximate surface area is 119 Å². The molecule has 0 aliphatic heterocycles. The molecule has 0 saturated heterocycles. The minimum atomic E-state index is -0.755. The molecule has 1 N–H and O–H groups in total. The van der Waals surface area contributed by atoms with E-state index in [1.54, 1.807) is 0 Å². The monoisotopic (exact) mass is 268 g/mol. The molecule has 0 aliphatic rings. The van der Waals surface area contributed by atoms with Gasteiger partial charge in [0.1, 0.15) is 0 Å². The molecule has 2 heteroatoms. The van der Waals surface area contributed by atoms with Crippen molar-refractivity contribution in [2.75, 3.05) is 0 Å². The normalized spacial score (nSPS) is 11.8. The summed E-state index contributed by atoms with van der Waals surface area (Å²) < 4.78 is 0. The number of unbranched alkanes of at least 4 members (excludes halogenated alkanes) is 10. The Bertz CT molecular complexity index is 244. The molecule has 0 aliphatic carbocycles. The van der Waals surface area contributed by atoms with E-state index in [-0.39, 0.29) is 0 Å². The van der Waals surface area contributed by atoms with Crippen molar-refractivity contribution in [3.8, 4) is 0 Å². The van der Waals surface area contributed by atoms with Gasteiger partial charge in [-0.05, 0) is 19.3 Å². The second-order valence-electron chi connectivity index (χ2n) is 5.36. The van der Waals surface area contributed by atoms with Crippen molar-refractivity contribution in [1.82, 2.24) is 0 Å². The van der Waals surface area contributed by atoms with Gasteiger partial charge in [0.2, 0.25) is 0 Å². The first-order valence-electron chi connectivity index (χ1n) is 8.14. The topological polar surface area (TPSA) is 37.3 Å². The fraction of sp³-hybridized carbons (Fsp3) is 0.824. The molecule has 0 aromatic heterocycles. The van der Waals surface area contributed by atoms with Gasteiger partial charge in [0.25, 0.3) is 0 Å². The maximum Gasteiger partial charge on any atom is 0.331 e. The van der Waals surface area contributed by atoms with Crippen LogP contribution < -0.4 is 0 Å². The summed E-state index contributed by atoms with van der Waals surface area (Å²) in [7, 11) is 0. The average molecular weight is 268 g/mol. The van der Waals surface area contributed by atoms with Crippen molar-refractivity contribution in [3.05, 3.63) is 11.6 Å². The van der Waals surface area contributed by atoms with E-state index in [2.05, 4.69) is 6.92 Å². The lowest BCUT2D eigenvalue weighted by Crippen LogP contribution is -1.98. The van der Waals surface area contributed by atoms with Crippen LogP contribution >= 0.6 is 0 Å². The van der Waals surface area contributed by atoms with Crippen LogP contribution in [0.1, 0.15) is 90.9 Å². The number of carboxylic acids is 1. The summed E-state index contributed by atoms with van der Waals surface area (Å²) in [4.78, 5) is 10.8. The van der Waals surface area contributed by atoms with Crippen LogP contribution in [0.4, 0.5) is 0 Å². The SMILES string of the molecule is CCCCCCCCCCCCC=C(CC)C(=O)O. The number of allylic oxidation sites excluding steroid dienone is 1. The van der Waals surface area contributed by atoms with Gasteiger partial charge in [0.05, 0.1) is 0 Å². The molecule has 0 heterocycles. The minimum absolute atomic E-state index is 0.566. The fourth-order valence-corrected chi connectivity index (χ4v) is 2.29. The van der Waals surface area contributed by atoms with Crippen LogP contribution in [0.5, 0.6) is 0 Å². The standard InChI is InChI=1S/C17H32O2/c1-3-5-6-7-8-9-10-11-12-13-14-15-16(4-2)17(18)19/h15H,3-14H2,1-2H3,(H,18,19). The smallest absolute Gasteiger partial charge is 0.331 e. The highest BCUT2D eigenvalue weighted by atomic mass is 16.4. The lowest BCUT2D eigenvalue weighted by Gasteiger charge is -2.02. The van der Waals surface area contributed by atoms with Gasteiger partial charge in [0.15, 0.2) is 0 Å². The van der Waals surface area contributed by atoms with Crippen LogP contribution in [0, 0.1) is 0 Å². The molecule has 0 amide bonds. The van der Waals surface area contributed by atoms with Crippen LogP contribution in [-0.4, -0.2) is 11.1 Å². The van der Waals surface area contributed by atoms with Crippen molar-refractivity contribution in [1.29, 1.82) is 0 Å². The van der Waals surface area contributed by atoms with E-state index in [0.29, 0.717) is 12.0 Å². The summed E-state index contributed by atoms with van der Waals surface area (Å²) in [6, 6.07) is 0. The summed E-state index contributed by atoms with van der Waals surface area (Å²) in [5.41, 5.74) is 0.566. The zero-order valence-electron chi connectivity index (χ0n) is 12.9. The Morgan fingerprint density at radius 3 is 1.74 bits per heavy atom. The molecular formula is C17H32O2. The first kappa shape index (κ1) is 18.2. The predicted octanol–water partition coefficient (Wildman–Crippen LogP) is 5.72. The molecule has 0 aromatic carbocycles. The molecule has 0 atom stereocenters. The van der Waals surface area contributed by atoms with Gasteiger partial charge < -0.3 is 5.11 Å². The molecule has 0 saturated carbocycles. The molecule has 2 nitrogen and oxygen atoms in total. The molecule has 0 spiro atoms. The Balaban J connectivity index is 3.29. The summed E-state index contributed by atoms with van der Waals surface area (Å²) in [6.07, 6.45) is 16.7. The van der Waals surface area contributed by atoms with Crippen LogP contribution in [0.2, 0.25) is 0 Å². The maximum absolute atomic E-state index is 10.8. The highest BCUT2D eigenvalue weighted by Gasteiger charge is 2.02. The van der Waals surface area contributed by atoms with Gasteiger partial charge in [-0.3, -0.25) is 0 Å². The van der Waals surface area contributed by atoms with Crippen molar-refractivity contribution in [3.63, 3.8) is 0 Å². The van der Waals surface area contributed by atoms with Gasteiger partial charge in [-0.1, -0.05) is 77.7 Å². The van der Waals surface area contributed by atoms with Crippen molar-refractivity contribution < 1.29 is 9.90 Å². The van der Waals surface area contributed by atoms with Gasteiger partial charge in [-0.2, -0.15) is 0 Å². The molecule has 112 valence electrons. The van der Waals surface area contributed by atoms with E-state index in [1.807, 2.05) is 13.0 Å². The van der Waals surface area contributed by atoms with Crippen LogP contribution in [0.15, 0.2) is 11.6 Å². The van der Waals surface area contributed by atoms with E-state index in [4.69, 9.17) is 5.11 Å². The molecule has 0 bridgehead atoms. The maximum atomic E-state index is 10.8. The second-order valence-corrected chi connectivity index (χ2v) is 5.36. The van der Waals surface area contributed by atoms with Gasteiger partial charge in [-0.25, -0.2) is 4.79 Å². The quantitative estimate of drug-likeness (QED) is 0.343.